The van der Waals surface area contributed by atoms with Crippen molar-refractivity contribution in [2.45, 2.75) is 11.3 Å². The van der Waals surface area contributed by atoms with Gasteiger partial charge >= 0.3 is 0 Å². The number of anilines is 1. The van der Waals surface area contributed by atoms with Gasteiger partial charge in [-0.25, -0.2) is 8.42 Å². The van der Waals surface area contributed by atoms with Crippen molar-refractivity contribution in [2.24, 2.45) is 0 Å². The zero-order chi connectivity index (χ0) is 18.6. The maximum absolute atomic E-state index is 12.5. The van der Waals surface area contributed by atoms with E-state index in [1.54, 1.807) is 24.5 Å². The summed E-state index contributed by atoms with van der Waals surface area (Å²) in [5.74, 6) is 0.422. The first-order valence-corrected chi connectivity index (χ1v) is 9.68. The summed E-state index contributed by atoms with van der Waals surface area (Å²) < 4.78 is 32.6. The molecule has 5 nitrogen and oxygen atoms in total. The van der Waals surface area contributed by atoms with Crippen LogP contribution >= 0.6 is 11.6 Å². The van der Waals surface area contributed by atoms with E-state index in [9.17, 15) is 8.42 Å². The molecule has 0 aliphatic carbocycles. The number of pyridine rings is 1. The lowest BCUT2D eigenvalue weighted by Gasteiger charge is -2.10. The van der Waals surface area contributed by atoms with Gasteiger partial charge < -0.3 is 4.74 Å². The summed E-state index contributed by atoms with van der Waals surface area (Å²) >= 11 is 6.01. The molecule has 0 fully saturated rings. The minimum absolute atomic E-state index is 0.0733. The van der Waals surface area contributed by atoms with Crippen LogP contribution in [0.25, 0.3) is 0 Å². The number of benzene rings is 2. The van der Waals surface area contributed by atoms with E-state index in [4.69, 9.17) is 16.3 Å². The molecule has 0 aliphatic rings. The molecule has 3 aromatic rings. The van der Waals surface area contributed by atoms with Gasteiger partial charge in [0.15, 0.2) is 0 Å². The van der Waals surface area contributed by atoms with Gasteiger partial charge in [-0.1, -0.05) is 23.7 Å². The number of hydrogen-bond acceptors (Lipinski definition) is 4. The molecule has 3 rings (SSSR count). The summed E-state index contributed by atoms with van der Waals surface area (Å²) in [4.78, 5) is 4.07. The molecule has 1 N–H and O–H groups in total. The topological polar surface area (TPSA) is 68.3 Å². The Morgan fingerprint density at radius 2 is 1.65 bits per heavy atom. The molecule has 0 amide bonds. The van der Waals surface area contributed by atoms with Crippen molar-refractivity contribution in [2.75, 3.05) is 11.8 Å². The Morgan fingerprint density at radius 1 is 1.00 bits per heavy atom. The Balaban J connectivity index is 1.74. The van der Waals surface area contributed by atoms with E-state index in [0.717, 1.165) is 17.5 Å². The van der Waals surface area contributed by atoms with E-state index in [1.165, 1.54) is 25.3 Å². The molecular weight excluding hydrogens is 372 g/mol. The van der Waals surface area contributed by atoms with Crippen LogP contribution < -0.4 is 9.46 Å². The fourth-order valence-corrected chi connectivity index (χ4v) is 3.86. The number of nitrogens with zero attached hydrogens (tertiary/aromatic N) is 1. The number of nitrogens with one attached hydrogen (secondary N) is 1. The SMILES string of the molecule is COc1ccc(S(=O)(=O)Nc2ccc(Cc3ccncc3)cc2)cc1Cl. The van der Waals surface area contributed by atoms with Gasteiger partial charge in [0.1, 0.15) is 5.75 Å². The Kier molecular flexibility index (Phi) is 5.44. The number of hydrogen-bond donors (Lipinski definition) is 1. The highest BCUT2D eigenvalue weighted by atomic mass is 35.5. The first-order chi connectivity index (χ1) is 12.5. The average Bonchev–Trinajstić information content (AvgIpc) is 2.64. The second-order valence-corrected chi connectivity index (χ2v) is 7.72. The van der Waals surface area contributed by atoms with Gasteiger partial charge in [0.05, 0.1) is 17.0 Å². The van der Waals surface area contributed by atoms with Crippen molar-refractivity contribution >= 4 is 27.3 Å². The van der Waals surface area contributed by atoms with Crippen LogP contribution in [-0.4, -0.2) is 20.5 Å². The van der Waals surface area contributed by atoms with Gasteiger partial charge in [-0.15, -0.1) is 0 Å². The molecule has 2 aromatic carbocycles. The number of aromatic nitrogens is 1. The Morgan fingerprint density at radius 3 is 2.27 bits per heavy atom. The molecule has 0 atom stereocenters. The van der Waals surface area contributed by atoms with E-state index in [-0.39, 0.29) is 9.92 Å². The van der Waals surface area contributed by atoms with Crippen LogP contribution in [0.5, 0.6) is 5.75 Å². The molecule has 0 unspecified atom stereocenters. The second-order valence-electron chi connectivity index (χ2n) is 5.63. The van der Waals surface area contributed by atoms with Crippen molar-refractivity contribution in [3.63, 3.8) is 0 Å². The molecule has 0 spiro atoms. The molecule has 0 bridgehead atoms. The summed E-state index contributed by atoms with van der Waals surface area (Å²) in [5.41, 5.74) is 2.70. The summed E-state index contributed by atoms with van der Waals surface area (Å²) in [5, 5.41) is 0.239. The second kappa shape index (κ2) is 7.76. The predicted molar refractivity (Wildman–Crippen MR) is 102 cm³/mol. The Labute approximate surface area is 157 Å². The van der Waals surface area contributed by atoms with Crippen LogP contribution in [0.2, 0.25) is 5.02 Å². The molecule has 1 aromatic heterocycles. The number of sulfonamides is 1. The first kappa shape index (κ1) is 18.2. The van der Waals surface area contributed by atoms with Crippen LogP contribution in [0.1, 0.15) is 11.1 Å². The maximum Gasteiger partial charge on any atom is 0.261 e. The smallest absolute Gasteiger partial charge is 0.261 e. The van der Waals surface area contributed by atoms with Gasteiger partial charge in [-0.2, -0.15) is 0 Å². The molecule has 134 valence electrons. The minimum Gasteiger partial charge on any atom is -0.495 e. The maximum atomic E-state index is 12.5. The van der Waals surface area contributed by atoms with Crippen molar-refractivity contribution in [3.8, 4) is 5.75 Å². The molecular formula is C19H17ClN2O3S. The summed E-state index contributed by atoms with van der Waals surface area (Å²) in [6.45, 7) is 0. The van der Waals surface area contributed by atoms with Crippen LogP contribution in [0.4, 0.5) is 5.69 Å². The molecule has 7 heteroatoms. The molecule has 1 heterocycles. The third-order valence-corrected chi connectivity index (χ3v) is 5.47. The zero-order valence-corrected chi connectivity index (χ0v) is 15.6. The quantitative estimate of drug-likeness (QED) is 0.689. The van der Waals surface area contributed by atoms with Gasteiger partial charge in [0.25, 0.3) is 10.0 Å². The predicted octanol–water partition coefficient (Wildman–Crippen LogP) is 4.14. The first-order valence-electron chi connectivity index (χ1n) is 7.82. The largest absolute Gasteiger partial charge is 0.495 e. The van der Waals surface area contributed by atoms with Crippen molar-refractivity contribution in [1.82, 2.24) is 4.98 Å². The van der Waals surface area contributed by atoms with E-state index in [2.05, 4.69) is 9.71 Å². The van der Waals surface area contributed by atoms with E-state index >= 15 is 0 Å². The molecule has 0 saturated heterocycles. The highest BCUT2D eigenvalue weighted by molar-refractivity contribution is 7.92. The fourth-order valence-electron chi connectivity index (χ4n) is 2.46. The van der Waals surface area contributed by atoms with Gasteiger partial charge in [-0.3, -0.25) is 9.71 Å². The fraction of sp³-hybridized carbons (Fsp3) is 0.105. The lowest BCUT2D eigenvalue weighted by molar-refractivity contribution is 0.414. The molecule has 26 heavy (non-hydrogen) atoms. The van der Waals surface area contributed by atoms with Crippen LogP contribution in [0.15, 0.2) is 71.9 Å². The summed E-state index contributed by atoms with van der Waals surface area (Å²) in [6.07, 6.45) is 4.25. The van der Waals surface area contributed by atoms with Crippen molar-refractivity contribution in [1.29, 1.82) is 0 Å². The molecule has 0 aliphatic heterocycles. The Hall–Kier alpha value is -2.57. The highest BCUT2D eigenvalue weighted by Crippen LogP contribution is 2.28. The van der Waals surface area contributed by atoms with Crippen molar-refractivity contribution < 1.29 is 13.2 Å². The van der Waals surface area contributed by atoms with Crippen LogP contribution in [0, 0.1) is 0 Å². The summed E-state index contributed by atoms with van der Waals surface area (Å²) in [6, 6.07) is 15.5. The number of rotatable bonds is 6. The standard InChI is InChI=1S/C19H17ClN2O3S/c1-25-19-7-6-17(13-18(19)20)26(23,24)22-16-4-2-14(3-5-16)12-15-8-10-21-11-9-15/h2-11,13,22H,12H2,1H3. The summed E-state index contributed by atoms with van der Waals surface area (Å²) in [7, 11) is -2.26. The number of halogens is 1. The minimum atomic E-state index is -3.73. The number of methoxy groups -OCH3 is 1. The zero-order valence-electron chi connectivity index (χ0n) is 14.0. The Bertz CT molecular complexity index is 991. The lowest BCUT2D eigenvalue weighted by Crippen LogP contribution is -2.13. The van der Waals surface area contributed by atoms with Gasteiger partial charge in [-0.05, 0) is 60.0 Å². The third kappa shape index (κ3) is 4.33. The van der Waals surface area contributed by atoms with E-state index < -0.39 is 10.0 Å². The van der Waals surface area contributed by atoms with Crippen molar-refractivity contribution in [3.05, 3.63) is 83.1 Å². The average molecular weight is 389 g/mol. The third-order valence-electron chi connectivity index (χ3n) is 3.80. The monoisotopic (exact) mass is 388 g/mol. The molecule has 0 saturated carbocycles. The lowest BCUT2D eigenvalue weighted by atomic mass is 10.1. The normalized spacial score (nSPS) is 11.2. The number of ether oxygens (including phenoxy) is 1. The van der Waals surface area contributed by atoms with Gasteiger partial charge in [0.2, 0.25) is 0 Å². The van der Waals surface area contributed by atoms with E-state index in [0.29, 0.717) is 11.4 Å². The van der Waals surface area contributed by atoms with E-state index in [1.807, 2.05) is 24.3 Å². The molecule has 0 radical (unpaired) electrons. The van der Waals surface area contributed by atoms with Crippen LogP contribution in [-0.2, 0) is 16.4 Å². The van der Waals surface area contributed by atoms with Crippen LogP contribution in [0.3, 0.4) is 0 Å². The van der Waals surface area contributed by atoms with Gasteiger partial charge in [0, 0.05) is 18.1 Å². The highest BCUT2D eigenvalue weighted by Gasteiger charge is 2.16.